The molecule has 0 spiro atoms. The average molecular weight is 334 g/mol. The summed E-state index contributed by atoms with van der Waals surface area (Å²) in [7, 11) is 1.68. The van der Waals surface area contributed by atoms with Crippen molar-refractivity contribution in [2.75, 3.05) is 38.7 Å². The van der Waals surface area contributed by atoms with Gasteiger partial charge in [-0.1, -0.05) is 18.2 Å². The first-order valence-corrected chi connectivity index (χ1v) is 8.75. The highest BCUT2D eigenvalue weighted by Crippen LogP contribution is 2.21. The number of benzene rings is 1. The van der Waals surface area contributed by atoms with Crippen molar-refractivity contribution in [2.24, 2.45) is 0 Å². The second kappa shape index (κ2) is 9.04. The number of rotatable bonds is 7. The fourth-order valence-corrected chi connectivity index (χ4v) is 3.14. The maximum atomic E-state index is 12.7. The molecule has 1 heterocycles. The van der Waals surface area contributed by atoms with E-state index >= 15 is 0 Å². The Hall–Kier alpha value is -1.59. The van der Waals surface area contributed by atoms with Gasteiger partial charge < -0.3 is 19.7 Å². The summed E-state index contributed by atoms with van der Waals surface area (Å²) in [4.78, 5) is 14.6. The van der Waals surface area contributed by atoms with Gasteiger partial charge in [-0.2, -0.15) is 0 Å². The van der Waals surface area contributed by atoms with E-state index in [4.69, 9.17) is 9.47 Å². The van der Waals surface area contributed by atoms with Crippen LogP contribution < -0.4 is 5.32 Å². The summed E-state index contributed by atoms with van der Waals surface area (Å²) >= 11 is 0. The number of amides is 1. The number of piperidine rings is 1. The first kappa shape index (κ1) is 18.7. The van der Waals surface area contributed by atoms with Crippen molar-refractivity contribution in [2.45, 2.75) is 45.8 Å². The van der Waals surface area contributed by atoms with Crippen molar-refractivity contribution in [1.82, 2.24) is 4.90 Å². The minimum atomic E-state index is -0.226. The SMILES string of the molecule is COCCOC1CCN(C(=O)[C@H](C)Nc2c(C)cccc2C)CC1. The molecular weight excluding hydrogens is 304 g/mol. The zero-order chi connectivity index (χ0) is 17.5. The molecule has 2 rings (SSSR count). The molecule has 1 atom stereocenters. The minimum absolute atomic E-state index is 0.160. The third kappa shape index (κ3) is 4.95. The van der Waals surface area contributed by atoms with Gasteiger partial charge >= 0.3 is 0 Å². The van der Waals surface area contributed by atoms with Crippen LogP contribution >= 0.6 is 0 Å². The minimum Gasteiger partial charge on any atom is -0.382 e. The predicted molar refractivity (Wildman–Crippen MR) is 96.4 cm³/mol. The fourth-order valence-electron chi connectivity index (χ4n) is 3.14. The number of ether oxygens (including phenoxy) is 2. The Balaban J connectivity index is 1.84. The van der Waals surface area contributed by atoms with Gasteiger partial charge in [-0.3, -0.25) is 4.79 Å². The molecule has 1 saturated heterocycles. The maximum absolute atomic E-state index is 12.7. The second-order valence-electron chi connectivity index (χ2n) is 6.52. The topological polar surface area (TPSA) is 50.8 Å². The van der Waals surface area contributed by atoms with E-state index in [1.54, 1.807) is 7.11 Å². The molecule has 1 amide bonds. The van der Waals surface area contributed by atoms with Gasteiger partial charge in [-0.15, -0.1) is 0 Å². The fraction of sp³-hybridized carbons (Fsp3) is 0.632. The molecule has 5 heteroatoms. The standard InChI is InChI=1S/C19H30N2O3/c1-14-6-5-7-15(2)18(14)20-16(3)19(22)21-10-8-17(9-11-21)24-13-12-23-4/h5-7,16-17,20H,8-13H2,1-4H3/t16-/m0/s1. The van der Waals surface area contributed by atoms with Crippen LogP contribution in [-0.4, -0.2) is 56.4 Å². The summed E-state index contributed by atoms with van der Waals surface area (Å²) in [6.07, 6.45) is 2.03. The molecule has 24 heavy (non-hydrogen) atoms. The monoisotopic (exact) mass is 334 g/mol. The van der Waals surface area contributed by atoms with Crippen LogP contribution in [0.5, 0.6) is 0 Å². The summed E-state index contributed by atoms with van der Waals surface area (Å²) in [5.74, 6) is 0.160. The number of carbonyl (C=O) groups is 1. The summed E-state index contributed by atoms with van der Waals surface area (Å²) < 4.78 is 10.8. The predicted octanol–water partition coefficient (Wildman–Crippen LogP) is 2.76. The van der Waals surface area contributed by atoms with Crippen LogP contribution in [0, 0.1) is 13.8 Å². The normalized spacial score (nSPS) is 16.9. The molecule has 5 nitrogen and oxygen atoms in total. The van der Waals surface area contributed by atoms with E-state index in [0.717, 1.165) is 31.6 Å². The Morgan fingerprint density at radius 2 is 1.88 bits per heavy atom. The van der Waals surface area contributed by atoms with Crippen LogP contribution in [0.1, 0.15) is 30.9 Å². The number of methoxy groups -OCH3 is 1. The van der Waals surface area contributed by atoms with E-state index in [-0.39, 0.29) is 18.1 Å². The van der Waals surface area contributed by atoms with Crippen LogP contribution in [0.4, 0.5) is 5.69 Å². The number of aryl methyl sites for hydroxylation is 2. The van der Waals surface area contributed by atoms with Gasteiger partial charge in [0.05, 0.1) is 19.3 Å². The summed E-state index contributed by atoms with van der Waals surface area (Å²) in [5.41, 5.74) is 3.40. The lowest BCUT2D eigenvalue weighted by atomic mass is 10.1. The number of nitrogens with one attached hydrogen (secondary N) is 1. The Bertz CT molecular complexity index is 519. The quantitative estimate of drug-likeness (QED) is 0.779. The van der Waals surface area contributed by atoms with E-state index in [0.29, 0.717) is 13.2 Å². The van der Waals surface area contributed by atoms with Crippen molar-refractivity contribution in [3.63, 3.8) is 0 Å². The summed E-state index contributed by atoms with van der Waals surface area (Å²) in [5, 5.41) is 3.39. The highest BCUT2D eigenvalue weighted by atomic mass is 16.5. The Morgan fingerprint density at radius 3 is 2.46 bits per heavy atom. The molecule has 0 aliphatic carbocycles. The van der Waals surface area contributed by atoms with E-state index < -0.39 is 0 Å². The van der Waals surface area contributed by atoms with E-state index in [1.165, 1.54) is 11.1 Å². The first-order valence-electron chi connectivity index (χ1n) is 8.75. The molecule has 0 bridgehead atoms. The number of para-hydroxylation sites is 1. The van der Waals surface area contributed by atoms with Crippen molar-refractivity contribution < 1.29 is 14.3 Å². The average Bonchev–Trinajstić information content (AvgIpc) is 2.58. The largest absolute Gasteiger partial charge is 0.382 e. The molecule has 1 aliphatic heterocycles. The van der Waals surface area contributed by atoms with Crippen molar-refractivity contribution in [1.29, 1.82) is 0 Å². The molecule has 134 valence electrons. The van der Waals surface area contributed by atoms with Crippen molar-refractivity contribution >= 4 is 11.6 Å². The van der Waals surface area contributed by atoms with Gasteiger partial charge in [0.25, 0.3) is 0 Å². The number of hydrogen-bond acceptors (Lipinski definition) is 4. The smallest absolute Gasteiger partial charge is 0.244 e. The number of anilines is 1. The Labute approximate surface area is 145 Å². The molecule has 1 aliphatic rings. The van der Waals surface area contributed by atoms with Gasteiger partial charge in [-0.25, -0.2) is 0 Å². The highest BCUT2D eigenvalue weighted by Gasteiger charge is 2.26. The van der Waals surface area contributed by atoms with Gasteiger partial charge in [0.1, 0.15) is 6.04 Å². The van der Waals surface area contributed by atoms with Gasteiger partial charge in [-0.05, 0) is 44.7 Å². The number of hydrogen-bond donors (Lipinski definition) is 1. The Morgan fingerprint density at radius 1 is 1.25 bits per heavy atom. The number of likely N-dealkylation sites (tertiary alicyclic amines) is 1. The first-order chi connectivity index (χ1) is 11.5. The van der Waals surface area contributed by atoms with Crippen LogP contribution in [0.25, 0.3) is 0 Å². The van der Waals surface area contributed by atoms with E-state index in [1.807, 2.05) is 17.9 Å². The van der Waals surface area contributed by atoms with Gasteiger partial charge in [0.15, 0.2) is 0 Å². The van der Waals surface area contributed by atoms with Crippen molar-refractivity contribution in [3.8, 4) is 0 Å². The highest BCUT2D eigenvalue weighted by molar-refractivity contribution is 5.85. The molecule has 1 aromatic carbocycles. The summed E-state index contributed by atoms with van der Waals surface area (Å²) in [6, 6.07) is 5.94. The van der Waals surface area contributed by atoms with E-state index in [9.17, 15) is 4.79 Å². The molecule has 1 N–H and O–H groups in total. The van der Waals surface area contributed by atoms with Gasteiger partial charge in [0, 0.05) is 25.9 Å². The van der Waals surface area contributed by atoms with E-state index in [2.05, 4.69) is 31.3 Å². The summed E-state index contributed by atoms with van der Waals surface area (Å²) in [6.45, 7) is 8.83. The molecule has 1 aromatic rings. The lowest BCUT2D eigenvalue weighted by Gasteiger charge is -2.34. The zero-order valence-corrected chi connectivity index (χ0v) is 15.3. The third-order valence-corrected chi connectivity index (χ3v) is 4.61. The molecule has 0 radical (unpaired) electrons. The van der Waals surface area contributed by atoms with Gasteiger partial charge in [0.2, 0.25) is 5.91 Å². The Kier molecular flexibility index (Phi) is 7.06. The molecule has 0 saturated carbocycles. The number of nitrogens with zero attached hydrogens (tertiary/aromatic N) is 1. The lowest BCUT2D eigenvalue weighted by Crippen LogP contribution is -2.47. The molecular formula is C19H30N2O3. The molecule has 0 aromatic heterocycles. The van der Waals surface area contributed by atoms with Crippen LogP contribution in [0.15, 0.2) is 18.2 Å². The lowest BCUT2D eigenvalue weighted by molar-refractivity contribution is -0.134. The third-order valence-electron chi connectivity index (χ3n) is 4.61. The number of carbonyl (C=O) groups excluding carboxylic acids is 1. The second-order valence-corrected chi connectivity index (χ2v) is 6.52. The van der Waals surface area contributed by atoms with Crippen molar-refractivity contribution in [3.05, 3.63) is 29.3 Å². The van der Waals surface area contributed by atoms with Crippen LogP contribution in [0.3, 0.4) is 0 Å². The maximum Gasteiger partial charge on any atom is 0.244 e. The molecule has 0 unspecified atom stereocenters. The molecule has 1 fully saturated rings. The van der Waals surface area contributed by atoms with Crippen LogP contribution in [-0.2, 0) is 14.3 Å². The zero-order valence-electron chi connectivity index (χ0n) is 15.3. The van der Waals surface area contributed by atoms with Crippen LogP contribution in [0.2, 0.25) is 0 Å².